The van der Waals surface area contributed by atoms with E-state index in [0.717, 1.165) is 30.0 Å². The number of hydrogen-bond acceptors (Lipinski definition) is 6. The molecule has 2 rings (SSSR count). The van der Waals surface area contributed by atoms with Gasteiger partial charge in [0.25, 0.3) is 5.91 Å². The number of carbonyl (C=O) groups is 1. The summed E-state index contributed by atoms with van der Waals surface area (Å²) >= 11 is 0. The van der Waals surface area contributed by atoms with E-state index in [4.69, 9.17) is 9.47 Å². The van der Waals surface area contributed by atoms with Gasteiger partial charge in [-0.1, -0.05) is 6.07 Å². The quantitative estimate of drug-likeness (QED) is 0.424. The van der Waals surface area contributed by atoms with Crippen LogP contribution in [0.15, 0.2) is 54.2 Å². The van der Waals surface area contributed by atoms with Crippen LogP contribution in [0, 0.1) is 11.3 Å². The van der Waals surface area contributed by atoms with Crippen molar-refractivity contribution in [2.75, 3.05) is 44.1 Å². The number of ether oxygens (including phenoxy) is 2. The molecule has 0 aliphatic heterocycles. The smallest absolute Gasteiger partial charge is 0.263 e. The van der Waals surface area contributed by atoms with Gasteiger partial charge in [0, 0.05) is 37.2 Å². The second-order valence-electron chi connectivity index (χ2n) is 6.73. The molecule has 1 amide bonds. The summed E-state index contributed by atoms with van der Waals surface area (Å²) in [5.74, 6) is 0.872. The number of anilines is 2. The highest BCUT2D eigenvalue weighted by atomic mass is 16.5. The van der Waals surface area contributed by atoms with Crippen molar-refractivity contribution in [3.05, 3.63) is 59.8 Å². The highest BCUT2D eigenvalue weighted by molar-refractivity contribution is 5.97. The van der Waals surface area contributed by atoms with Crippen LogP contribution in [0.2, 0.25) is 0 Å². The molecule has 0 saturated carbocycles. The van der Waals surface area contributed by atoms with Crippen molar-refractivity contribution in [2.45, 2.75) is 20.3 Å². The van der Waals surface area contributed by atoms with Gasteiger partial charge in [0.1, 0.15) is 11.6 Å². The fourth-order valence-electron chi connectivity index (χ4n) is 3.11. The molecule has 0 bridgehead atoms. The molecule has 0 atom stereocenters. The maximum atomic E-state index is 12.3. The van der Waals surface area contributed by atoms with Gasteiger partial charge in [-0.05, 0) is 62.2 Å². The Hall–Kier alpha value is -3.66. The summed E-state index contributed by atoms with van der Waals surface area (Å²) in [6.07, 6.45) is 2.03. The van der Waals surface area contributed by atoms with Crippen LogP contribution in [0.1, 0.15) is 19.4 Å². The monoisotopic (exact) mass is 422 g/mol. The SMILES string of the molecule is CCN(CC)c1ccc(N/C=C(/C#N)C(=O)NCCc2ccc(OC)c(OC)c2)cc1. The van der Waals surface area contributed by atoms with Gasteiger partial charge in [0.15, 0.2) is 11.5 Å². The molecule has 0 aromatic heterocycles. The van der Waals surface area contributed by atoms with Gasteiger partial charge in [-0.2, -0.15) is 5.26 Å². The Kier molecular flexibility index (Phi) is 9.24. The molecule has 164 valence electrons. The number of hydrogen-bond donors (Lipinski definition) is 2. The van der Waals surface area contributed by atoms with Crippen LogP contribution in [-0.2, 0) is 11.2 Å². The fourth-order valence-corrected chi connectivity index (χ4v) is 3.11. The Bertz CT molecular complexity index is 929. The predicted octanol–water partition coefficient (Wildman–Crippen LogP) is 3.73. The lowest BCUT2D eigenvalue weighted by atomic mass is 10.1. The van der Waals surface area contributed by atoms with Crippen LogP contribution in [-0.4, -0.2) is 39.8 Å². The van der Waals surface area contributed by atoms with E-state index in [1.165, 1.54) is 6.20 Å². The van der Waals surface area contributed by atoms with E-state index in [9.17, 15) is 10.1 Å². The molecule has 2 aromatic carbocycles. The molecule has 0 spiro atoms. The van der Waals surface area contributed by atoms with Crippen molar-refractivity contribution in [1.29, 1.82) is 5.26 Å². The van der Waals surface area contributed by atoms with E-state index < -0.39 is 5.91 Å². The molecule has 0 fully saturated rings. The topological polar surface area (TPSA) is 86.6 Å². The standard InChI is InChI=1S/C24H30N4O3/c1-5-28(6-2)21-10-8-20(9-11-21)27-17-19(16-25)24(29)26-14-13-18-7-12-22(30-3)23(15-18)31-4/h7-12,15,17,27H,5-6,13-14H2,1-4H3,(H,26,29)/b19-17-. The third-order valence-electron chi connectivity index (χ3n) is 4.89. The summed E-state index contributed by atoms with van der Waals surface area (Å²) < 4.78 is 10.5. The van der Waals surface area contributed by atoms with Crippen molar-refractivity contribution < 1.29 is 14.3 Å². The van der Waals surface area contributed by atoms with Crippen molar-refractivity contribution in [2.24, 2.45) is 0 Å². The van der Waals surface area contributed by atoms with E-state index in [2.05, 4.69) is 29.4 Å². The number of amides is 1. The molecule has 7 heteroatoms. The first-order valence-electron chi connectivity index (χ1n) is 10.3. The average molecular weight is 423 g/mol. The van der Waals surface area contributed by atoms with E-state index in [1.807, 2.05) is 48.5 Å². The van der Waals surface area contributed by atoms with Crippen molar-refractivity contribution in [1.82, 2.24) is 5.32 Å². The van der Waals surface area contributed by atoms with Gasteiger partial charge in [0.2, 0.25) is 0 Å². The minimum absolute atomic E-state index is 0.0140. The Labute approximate surface area is 184 Å². The second-order valence-corrected chi connectivity index (χ2v) is 6.73. The molecule has 31 heavy (non-hydrogen) atoms. The van der Waals surface area contributed by atoms with Crippen LogP contribution in [0.4, 0.5) is 11.4 Å². The molecule has 2 N–H and O–H groups in total. The highest BCUT2D eigenvalue weighted by Crippen LogP contribution is 2.27. The van der Waals surface area contributed by atoms with Crippen molar-refractivity contribution in [3.63, 3.8) is 0 Å². The second kappa shape index (κ2) is 12.1. The maximum Gasteiger partial charge on any atom is 0.263 e. The number of methoxy groups -OCH3 is 2. The summed E-state index contributed by atoms with van der Waals surface area (Å²) in [6, 6.07) is 15.4. The zero-order valence-electron chi connectivity index (χ0n) is 18.6. The number of nitriles is 1. The summed E-state index contributed by atoms with van der Waals surface area (Å²) in [4.78, 5) is 14.6. The van der Waals surface area contributed by atoms with Gasteiger partial charge >= 0.3 is 0 Å². The van der Waals surface area contributed by atoms with Gasteiger partial charge in [-0.3, -0.25) is 4.79 Å². The van der Waals surface area contributed by atoms with Crippen LogP contribution in [0.5, 0.6) is 11.5 Å². The summed E-state index contributed by atoms with van der Waals surface area (Å²) in [5, 5.41) is 15.1. The van der Waals surface area contributed by atoms with Gasteiger partial charge in [-0.25, -0.2) is 0 Å². The number of nitrogens with zero attached hydrogens (tertiary/aromatic N) is 2. The fraction of sp³-hybridized carbons (Fsp3) is 0.333. The number of benzene rings is 2. The number of carbonyl (C=O) groups excluding carboxylic acids is 1. The zero-order chi connectivity index (χ0) is 22.6. The molecule has 0 heterocycles. The molecule has 0 aliphatic rings. The summed E-state index contributed by atoms with van der Waals surface area (Å²) in [5.41, 5.74) is 2.95. The molecular formula is C24H30N4O3. The average Bonchev–Trinajstić information content (AvgIpc) is 2.81. The molecule has 0 saturated heterocycles. The minimum Gasteiger partial charge on any atom is -0.493 e. The minimum atomic E-state index is -0.421. The maximum absolute atomic E-state index is 12.3. The lowest BCUT2D eigenvalue weighted by Gasteiger charge is -2.21. The van der Waals surface area contributed by atoms with Gasteiger partial charge in [0.05, 0.1) is 14.2 Å². The normalized spacial score (nSPS) is 10.7. The van der Waals surface area contributed by atoms with Crippen LogP contribution in [0.3, 0.4) is 0 Å². The molecule has 7 nitrogen and oxygen atoms in total. The highest BCUT2D eigenvalue weighted by Gasteiger charge is 2.09. The summed E-state index contributed by atoms with van der Waals surface area (Å²) in [6.45, 7) is 6.49. The molecular weight excluding hydrogens is 392 g/mol. The molecule has 2 aromatic rings. The lowest BCUT2D eigenvalue weighted by Crippen LogP contribution is -2.27. The van der Waals surface area contributed by atoms with Crippen molar-refractivity contribution in [3.8, 4) is 17.6 Å². The summed E-state index contributed by atoms with van der Waals surface area (Å²) in [7, 11) is 3.17. The first-order chi connectivity index (χ1) is 15.1. The number of nitrogens with one attached hydrogen (secondary N) is 2. The third-order valence-corrected chi connectivity index (χ3v) is 4.89. The Morgan fingerprint density at radius 2 is 1.74 bits per heavy atom. The first kappa shape index (κ1) is 23.6. The largest absolute Gasteiger partial charge is 0.493 e. The Balaban J connectivity index is 1.91. The van der Waals surface area contributed by atoms with Crippen LogP contribution >= 0.6 is 0 Å². The Morgan fingerprint density at radius 1 is 1.06 bits per heavy atom. The van der Waals surface area contributed by atoms with E-state index in [1.54, 1.807) is 14.2 Å². The number of rotatable bonds is 11. The van der Waals surface area contributed by atoms with Crippen LogP contribution < -0.4 is 25.0 Å². The zero-order valence-corrected chi connectivity index (χ0v) is 18.6. The Morgan fingerprint density at radius 3 is 2.32 bits per heavy atom. The third kappa shape index (κ3) is 6.68. The molecule has 0 radical (unpaired) electrons. The molecule has 0 aliphatic carbocycles. The van der Waals surface area contributed by atoms with E-state index in [0.29, 0.717) is 24.5 Å². The van der Waals surface area contributed by atoms with E-state index in [-0.39, 0.29) is 5.57 Å². The predicted molar refractivity (Wildman–Crippen MR) is 124 cm³/mol. The van der Waals surface area contributed by atoms with E-state index >= 15 is 0 Å². The van der Waals surface area contributed by atoms with Crippen molar-refractivity contribution >= 4 is 17.3 Å². The van der Waals surface area contributed by atoms with Crippen LogP contribution in [0.25, 0.3) is 0 Å². The van der Waals surface area contributed by atoms with Gasteiger partial charge < -0.3 is 25.0 Å². The van der Waals surface area contributed by atoms with Gasteiger partial charge in [-0.15, -0.1) is 0 Å². The molecule has 0 unspecified atom stereocenters. The lowest BCUT2D eigenvalue weighted by molar-refractivity contribution is -0.117. The first-order valence-corrected chi connectivity index (χ1v) is 10.3.